The molecule has 0 aromatic heterocycles. The van der Waals surface area contributed by atoms with E-state index in [1.165, 1.54) is 11.0 Å². The Morgan fingerprint density at radius 1 is 1.23 bits per heavy atom. The fourth-order valence-electron chi connectivity index (χ4n) is 5.56. The number of halogens is 3. The van der Waals surface area contributed by atoms with Gasteiger partial charge in [-0.1, -0.05) is 30.3 Å². The second-order valence-corrected chi connectivity index (χ2v) is 10.9. The summed E-state index contributed by atoms with van der Waals surface area (Å²) in [5.74, 6) is -1.50. The number of nitrogens with zero attached hydrogens (tertiary/aromatic N) is 3. The van der Waals surface area contributed by atoms with Crippen molar-refractivity contribution in [1.82, 2.24) is 10.2 Å². The molecule has 1 fully saturated rings. The molecular formula is C28H28F3N5O3. The van der Waals surface area contributed by atoms with Crippen molar-refractivity contribution in [3.8, 4) is 11.8 Å². The van der Waals surface area contributed by atoms with Crippen molar-refractivity contribution in [1.29, 1.82) is 5.26 Å². The van der Waals surface area contributed by atoms with E-state index in [-0.39, 0.29) is 30.0 Å². The number of hydrogen-bond acceptors (Lipinski definition) is 6. The second-order valence-electron chi connectivity index (χ2n) is 10.9. The smallest absolute Gasteiger partial charge is 0.425 e. The predicted octanol–water partition coefficient (Wildman–Crippen LogP) is 4.13. The molecule has 2 aliphatic heterocycles. The fraction of sp³-hybridized carbons (Fsp3) is 0.429. The maximum atomic E-state index is 13.5. The molecule has 3 N–H and O–H groups in total. The Labute approximate surface area is 223 Å². The molecule has 0 radical (unpaired) electrons. The number of nitrogens with one attached hydrogen (secondary N) is 1. The van der Waals surface area contributed by atoms with E-state index in [0.29, 0.717) is 23.1 Å². The van der Waals surface area contributed by atoms with E-state index >= 15 is 0 Å². The standard InChI is InChI=1S/C28H28F3N5O3/c1-27(2)13-23(37)36(26(33)35-27)24(16-7-5-6-15(10-16)14-32)18-11-19(18)25(38)34-20-12-22(28(29,30)31)39-21-9-4-3-8-17(20)21/h3-10,18-20,22,24H,11-13H2,1-2H3,(H2,33,35)(H,34,38)/t18-,19-,20-,22+,24+/m0/s1. The fourth-order valence-corrected chi connectivity index (χ4v) is 5.56. The third-order valence-electron chi connectivity index (χ3n) is 7.43. The van der Waals surface area contributed by atoms with Crippen molar-refractivity contribution in [2.24, 2.45) is 22.6 Å². The van der Waals surface area contributed by atoms with Gasteiger partial charge in [-0.25, -0.2) is 4.99 Å². The summed E-state index contributed by atoms with van der Waals surface area (Å²) in [4.78, 5) is 32.5. The molecular weight excluding hydrogens is 511 g/mol. The molecule has 0 bridgehead atoms. The van der Waals surface area contributed by atoms with Gasteiger partial charge in [0.2, 0.25) is 11.8 Å². The van der Waals surface area contributed by atoms with Gasteiger partial charge < -0.3 is 15.8 Å². The van der Waals surface area contributed by atoms with Gasteiger partial charge in [0.25, 0.3) is 0 Å². The second kappa shape index (κ2) is 9.59. The Bertz CT molecular complexity index is 1380. The van der Waals surface area contributed by atoms with E-state index in [4.69, 9.17) is 10.5 Å². The lowest BCUT2D eigenvalue weighted by molar-refractivity contribution is -0.201. The van der Waals surface area contributed by atoms with Crippen LogP contribution < -0.4 is 15.8 Å². The number of rotatable bonds is 5. The quantitative estimate of drug-likeness (QED) is 0.592. The summed E-state index contributed by atoms with van der Waals surface area (Å²) in [7, 11) is 0. The molecule has 2 aromatic carbocycles. The van der Waals surface area contributed by atoms with Crippen LogP contribution in [0.5, 0.6) is 5.75 Å². The van der Waals surface area contributed by atoms with Gasteiger partial charge in [0, 0.05) is 17.9 Å². The first-order valence-electron chi connectivity index (χ1n) is 12.7. The highest BCUT2D eigenvalue weighted by atomic mass is 19.4. The number of para-hydroxylation sites is 1. The van der Waals surface area contributed by atoms with Gasteiger partial charge in [-0.05, 0) is 49.9 Å². The van der Waals surface area contributed by atoms with Gasteiger partial charge in [0.05, 0.1) is 35.7 Å². The number of benzene rings is 2. The minimum atomic E-state index is -4.59. The number of fused-ring (bicyclic) bond motifs is 1. The molecule has 204 valence electrons. The van der Waals surface area contributed by atoms with Gasteiger partial charge in [-0.3, -0.25) is 14.5 Å². The zero-order valence-corrected chi connectivity index (χ0v) is 21.4. The number of aliphatic imine (C=N–C) groups is 1. The first-order valence-corrected chi connectivity index (χ1v) is 12.7. The van der Waals surface area contributed by atoms with Crippen molar-refractivity contribution < 1.29 is 27.5 Å². The van der Waals surface area contributed by atoms with Crippen LogP contribution in [-0.4, -0.2) is 40.5 Å². The summed E-state index contributed by atoms with van der Waals surface area (Å²) in [6.45, 7) is 3.60. The maximum absolute atomic E-state index is 13.5. The van der Waals surface area contributed by atoms with Crippen LogP contribution in [0.3, 0.4) is 0 Å². The van der Waals surface area contributed by atoms with Crippen LogP contribution in [0.2, 0.25) is 0 Å². The average Bonchev–Trinajstić information content (AvgIpc) is 3.65. The lowest BCUT2D eigenvalue weighted by atomic mass is 9.93. The molecule has 1 aliphatic carbocycles. The molecule has 39 heavy (non-hydrogen) atoms. The lowest BCUT2D eigenvalue weighted by Gasteiger charge is -2.38. The van der Waals surface area contributed by atoms with E-state index in [1.54, 1.807) is 56.3 Å². The number of carbonyl (C=O) groups excluding carboxylic acids is 2. The number of alkyl halides is 3. The predicted molar refractivity (Wildman–Crippen MR) is 135 cm³/mol. The Morgan fingerprint density at radius 3 is 2.67 bits per heavy atom. The van der Waals surface area contributed by atoms with Crippen molar-refractivity contribution in [2.45, 2.75) is 63.0 Å². The molecule has 11 heteroatoms. The van der Waals surface area contributed by atoms with E-state index in [0.717, 1.165) is 0 Å². The first-order chi connectivity index (χ1) is 18.4. The largest absolute Gasteiger partial charge is 0.480 e. The van der Waals surface area contributed by atoms with E-state index < -0.39 is 48.1 Å². The molecule has 2 heterocycles. The summed E-state index contributed by atoms with van der Waals surface area (Å²) in [6.07, 6.45) is -6.57. The van der Waals surface area contributed by atoms with Crippen molar-refractivity contribution in [2.75, 3.05) is 0 Å². The molecule has 1 saturated carbocycles. The number of nitrogens with two attached hydrogens (primary N) is 1. The summed E-state index contributed by atoms with van der Waals surface area (Å²) in [6, 6.07) is 13.6. The first kappa shape index (κ1) is 26.5. The molecule has 8 nitrogen and oxygen atoms in total. The van der Waals surface area contributed by atoms with Crippen molar-refractivity contribution in [3.05, 3.63) is 65.2 Å². The van der Waals surface area contributed by atoms with Crippen LogP contribution in [0.15, 0.2) is 53.5 Å². The topological polar surface area (TPSA) is 121 Å². The maximum Gasteiger partial charge on any atom is 0.425 e. The molecule has 0 unspecified atom stereocenters. The number of carbonyl (C=O) groups is 2. The minimum absolute atomic E-state index is 0.0287. The van der Waals surface area contributed by atoms with Crippen LogP contribution in [-0.2, 0) is 9.59 Å². The number of amides is 2. The van der Waals surface area contributed by atoms with Gasteiger partial charge in [0.1, 0.15) is 5.75 Å². The molecule has 5 atom stereocenters. The highest BCUT2D eigenvalue weighted by Gasteiger charge is 2.54. The molecule has 2 amide bonds. The number of ether oxygens (including phenoxy) is 1. The van der Waals surface area contributed by atoms with Crippen LogP contribution >= 0.6 is 0 Å². The zero-order valence-electron chi connectivity index (χ0n) is 21.4. The number of nitriles is 1. The van der Waals surface area contributed by atoms with E-state index in [2.05, 4.69) is 16.4 Å². The van der Waals surface area contributed by atoms with Crippen LogP contribution in [0.25, 0.3) is 0 Å². The zero-order chi connectivity index (χ0) is 28.1. The van der Waals surface area contributed by atoms with Crippen LogP contribution in [0.4, 0.5) is 13.2 Å². The lowest BCUT2D eigenvalue weighted by Crippen LogP contribution is -2.52. The Morgan fingerprint density at radius 2 is 1.97 bits per heavy atom. The van der Waals surface area contributed by atoms with E-state index in [1.807, 2.05) is 0 Å². The summed E-state index contributed by atoms with van der Waals surface area (Å²) in [5.41, 5.74) is 7.09. The van der Waals surface area contributed by atoms with E-state index in [9.17, 15) is 28.0 Å². The molecule has 2 aromatic rings. The minimum Gasteiger partial charge on any atom is -0.480 e. The van der Waals surface area contributed by atoms with Gasteiger partial charge >= 0.3 is 6.18 Å². The third-order valence-corrected chi connectivity index (χ3v) is 7.43. The normalized spacial score (nSPS) is 26.4. The highest BCUT2D eigenvalue weighted by molar-refractivity contribution is 5.99. The summed E-state index contributed by atoms with van der Waals surface area (Å²) < 4.78 is 45.8. The molecule has 0 saturated heterocycles. The average molecular weight is 540 g/mol. The van der Waals surface area contributed by atoms with Gasteiger partial charge in [-0.15, -0.1) is 0 Å². The monoisotopic (exact) mass is 539 g/mol. The van der Waals surface area contributed by atoms with Crippen LogP contribution in [0.1, 0.15) is 61.9 Å². The van der Waals surface area contributed by atoms with Crippen molar-refractivity contribution in [3.63, 3.8) is 0 Å². The van der Waals surface area contributed by atoms with Gasteiger partial charge in [-0.2, -0.15) is 18.4 Å². The Kier molecular flexibility index (Phi) is 6.53. The molecule has 3 aliphatic rings. The van der Waals surface area contributed by atoms with Gasteiger partial charge in [0.15, 0.2) is 12.1 Å². The third kappa shape index (κ3) is 5.28. The Balaban J connectivity index is 1.42. The SMILES string of the molecule is CC1(C)CC(=O)N([C@H](c2cccc(C#N)c2)[C@H]2C[C@@H]2C(=O)N[C@H]2C[C@H](C(F)(F)F)Oc3ccccc32)C(N)=N1. The number of guanidine groups is 1. The molecule has 5 rings (SSSR count). The summed E-state index contributed by atoms with van der Waals surface area (Å²) in [5, 5.41) is 12.2. The Hall–Kier alpha value is -4.07. The summed E-state index contributed by atoms with van der Waals surface area (Å²) >= 11 is 0. The van der Waals surface area contributed by atoms with Crippen molar-refractivity contribution >= 4 is 17.8 Å². The molecule has 0 spiro atoms. The van der Waals surface area contributed by atoms with Crippen LogP contribution in [0, 0.1) is 23.2 Å². The number of hydrogen-bond donors (Lipinski definition) is 2. The highest BCUT2D eigenvalue weighted by Crippen LogP contribution is 2.52.